The number of sulfonamides is 1. The number of nitrogens with zero attached hydrogens (tertiary/aromatic N) is 2. The van der Waals surface area contributed by atoms with Gasteiger partial charge in [0.15, 0.2) is 0 Å². The maximum atomic E-state index is 12.8. The summed E-state index contributed by atoms with van der Waals surface area (Å²) >= 11 is 0. The average Bonchev–Trinajstić information content (AvgIpc) is 2.97. The van der Waals surface area contributed by atoms with Crippen LogP contribution in [0.3, 0.4) is 0 Å². The van der Waals surface area contributed by atoms with Crippen LogP contribution in [0, 0.1) is 5.82 Å². The number of nitrogens with one attached hydrogen (secondary N) is 1. The second-order valence-corrected chi connectivity index (χ2v) is 8.78. The summed E-state index contributed by atoms with van der Waals surface area (Å²) in [4.78, 5) is 0. The van der Waals surface area contributed by atoms with Gasteiger partial charge in [0.25, 0.3) is 0 Å². The largest absolute Gasteiger partial charge is 0.411 e. The Labute approximate surface area is 139 Å². The van der Waals surface area contributed by atoms with Crippen LogP contribution in [0.5, 0.6) is 0 Å². The van der Waals surface area contributed by atoms with Gasteiger partial charge in [-0.1, -0.05) is 24.2 Å². The molecule has 0 atom stereocenters. The number of benzene rings is 1. The lowest BCUT2D eigenvalue weighted by molar-refractivity contribution is 0.393. The van der Waals surface area contributed by atoms with Crippen molar-refractivity contribution in [1.82, 2.24) is 14.9 Å². The molecule has 1 N–H and O–H groups in total. The lowest BCUT2D eigenvalue weighted by Gasteiger charge is -2.02. The van der Waals surface area contributed by atoms with E-state index in [1.807, 2.05) is 0 Å². The molecule has 1 heterocycles. The maximum absolute atomic E-state index is 12.8. The highest BCUT2D eigenvalue weighted by molar-refractivity contribution is 7.90. The Bertz CT molecular complexity index is 892. The standard InChI is InChI=1S/C13H16FN3O5S2/c1-2-7-24(20,21)15-8-12-16-17-13(22-12)23(18,19)9-10-3-5-11(14)6-4-10/h3-6,15H,2,7-9H2,1H3. The Kier molecular flexibility index (Phi) is 5.67. The molecule has 0 aliphatic rings. The minimum Gasteiger partial charge on any atom is -0.411 e. The first-order valence-corrected chi connectivity index (χ1v) is 10.3. The van der Waals surface area contributed by atoms with Gasteiger partial charge in [0.1, 0.15) is 5.82 Å². The summed E-state index contributed by atoms with van der Waals surface area (Å²) in [7, 11) is -7.38. The lowest BCUT2D eigenvalue weighted by atomic mass is 10.2. The van der Waals surface area contributed by atoms with Crippen LogP contribution in [0.1, 0.15) is 24.8 Å². The molecule has 24 heavy (non-hydrogen) atoms. The number of sulfone groups is 1. The van der Waals surface area contributed by atoms with Crippen molar-refractivity contribution in [2.24, 2.45) is 0 Å². The van der Waals surface area contributed by atoms with Crippen molar-refractivity contribution < 1.29 is 25.6 Å². The summed E-state index contributed by atoms with van der Waals surface area (Å²) in [6, 6.07) is 4.96. The van der Waals surface area contributed by atoms with E-state index in [0.29, 0.717) is 12.0 Å². The van der Waals surface area contributed by atoms with Gasteiger partial charge in [0, 0.05) is 0 Å². The van der Waals surface area contributed by atoms with Gasteiger partial charge in [0.05, 0.1) is 18.1 Å². The van der Waals surface area contributed by atoms with E-state index < -0.39 is 36.7 Å². The zero-order chi connectivity index (χ0) is 17.8. The molecular weight excluding hydrogens is 361 g/mol. The molecular formula is C13H16FN3O5S2. The second kappa shape index (κ2) is 7.36. The number of hydrogen-bond donors (Lipinski definition) is 1. The first-order valence-electron chi connectivity index (χ1n) is 6.99. The predicted octanol–water partition coefficient (Wildman–Crippen LogP) is 1.01. The van der Waals surface area contributed by atoms with E-state index in [-0.39, 0.29) is 18.2 Å². The van der Waals surface area contributed by atoms with E-state index in [2.05, 4.69) is 14.9 Å². The Morgan fingerprint density at radius 2 is 1.79 bits per heavy atom. The molecule has 11 heteroatoms. The van der Waals surface area contributed by atoms with E-state index in [0.717, 1.165) is 12.1 Å². The molecule has 1 aromatic heterocycles. The molecule has 0 saturated heterocycles. The van der Waals surface area contributed by atoms with Crippen molar-refractivity contribution in [1.29, 1.82) is 0 Å². The maximum Gasteiger partial charge on any atom is 0.335 e. The third-order valence-electron chi connectivity index (χ3n) is 2.90. The molecule has 0 amide bonds. The molecule has 0 saturated carbocycles. The van der Waals surface area contributed by atoms with Crippen LogP contribution in [0.25, 0.3) is 0 Å². The monoisotopic (exact) mass is 377 g/mol. The fourth-order valence-corrected chi connectivity index (χ4v) is 3.98. The normalized spacial score (nSPS) is 12.4. The van der Waals surface area contributed by atoms with E-state index in [1.54, 1.807) is 6.92 Å². The van der Waals surface area contributed by atoms with Gasteiger partial charge in [-0.25, -0.2) is 25.9 Å². The fourth-order valence-electron chi connectivity index (χ4n) is 1.81. The van der Waals surface area contributed by atoms with Crippen LogP contribution in [0.2, 0.25) is 0 Å². The minimum atomic E-state index is -3.91. The number of halogens is 1. The second-order valence-electron chi connectivity index (χ2n) is 4.99. The Morgan fingerprint density at radius 1 is 1.12 bits per heavy atom. The quantitative estimate of drug-likeness (QED) is 0.729. The Hall–Kier alpha value is -1.85. The highest BCUT2D eigenvalue weighted by Gasteiger charge is 2.23. The molecule has 0 aliphatic heterocycles. The minimum absolute atomic E-state index is 0.0587. The summed E-state index contributed by atoms with van der Waals surface area (Å²) in [5.74, 6) is -1.13. The van der Waals surface area contributed by atoms with Crippen molar-refractivity contribution >= 4 is 19.9 Å². The Morgan fingerprint density at radius 3 is 2.42 bits per heavy atom. The summed E-state index contributed by atoms with van der Waals surface area (Å²) in [6.07, 6.45) is 0.441. The smallest absolute Gasteiger partial charge is 0.335 e. The van der Waals surface area contributed by atoms with Gasteiger partial charge in [-0.15, -0.1) is 5.10 Å². The SMILES string of the molecule is CCCS(=O)(=O)NCc1nnc(S(=O)(=O)Cc2ccc(F)cc2)o1. The van der Waals surface area contributed by atoms with E-state index in [9.17, 15) is 21.2 Å². The van der Waals surface area contributed by atoms with Gasteiger partial charge >= 0.3 is 5.22 Å². The van der Waals surface area contributed by atoms with Crippen LogP contribution in [-0.2, 0) is 32.2 Å². The zero-order valence-electron chi connectivity index (χ0n) is 12.8. The Balaban J connectivity index is 2.07. The average molecular weight is 377 g/mol. The van der Waals surface area contributed by atoms with Crippen molar-refractivity contribution in [2.75, 3.05) is 5.75 Å². The molecule has 8 nitrogen and oxygen atoms in total. The van der Waals surface area contributed by atoms with Gasteiger partial charge in [-0.3, -0.25) is 0 Å². The van der Waals surface area contributed by atoms with Crippen molar-refractivity contribution in [3.63, 3.8) is 0 Å². The molecule has 0 aliphatic carbocycles. The molecule has 0 spiro atoms. The molecule has 2 aromatic rings. The summed E-state index contributed by atoms with van der Waals surface area (Å²) in [5.41, 5.74) is 0.361. The molecule has 0 bridgehead atoms. The van der Waals surface area contributed by atoms with Crippen LogP contribution < -0.4 is 4.72 Å². The summed E-state index contributed by atoms with van der Waals surface area (Å²) in [6.45, 7) is 1.42. The van der Waals surface area contributed by atoms with E-state index >= 15 is 0 Å². The van der Waals surface area contributed by atoms with Crippen molar-refractivity contribution in [3.8, 4) is 0 Å². The summed E-state index contributed by atoms with van der Waals surface area (Å²) < 4.78 is 67.5. The van der Waals surface area contributed by atoms with Crippen molar-refractivity contribution in [2.45, 2.75) is 30.9 Å². The van der Waals surface area contributed by atoms with Gasteiger partial charge in [-0.05, 0) is 24.1 Å². The highest BCUT2D eigenvalue weighted by Crippen LogP contribution is 2.15. The number of rotatable bonds is 8. The lowest BCUT2D eigenvalue weighted by Crippen LogP contribution is -2.25. The van der Waals surface area contributed by atoms with E-state index in [1.165, 1.54) is 12.1 Å². The third kappa shape index (κ3) is 5.08. The zero-order valence-corrected chi connectivity index (χ0v) is 14.4. The molecule has 0 radical (unpaired) electrons. The number of aromatic nitrogens is 2. The molecule has 132 valence electrons. The van der Waals surface area contributed by atoms with Crippen LogP contribution in [-0.4, -0.2) is 32.8 Å². The van der Waals surface area contributed by atoms with Crippen LogP contribution in [0.4, 0.5) is 4.39 Å². The summed E-state index contributed by atoms with van der Waals surface area (Å²) in [5, 5.41) is 6.34. The van der Waals surface area contributed by atoms with Crippen molar-refractivity contribution in [3.05, 3.63) is 41.5 Å². The molecule has 0 unspecified atom stereocenters. The predicted molar refractivity (Wildman–Crippen MR) is 82.5 cm³/mol. The molecule has 1 aromatic carbocycles. The topological polar surface area (TPSA) is 119 Å². The molecule has 0 fully saturated rings. The first kappa shape index (κ1) is 18.5. The number of hydrogen-bond acceptors (Lipinski definition) is 7. The molecule has 2 rings (SSSR count). The third-order valence-corrected chi connectivity index (χ3v) is 5.84. The van der Waals surface area contributed by atoms with Gasteiger partial charge in [-0.2, -0.15) is 0 Å². The van der Waals surface area contributed by atoms with Crippen LogP contribution >= 0.6 is 0 Å². The fraction of sp³-hybridized carbons (Fsp3) is 0.385. The van der Waals surface area contributed by atoms with Gasteiger partial charge < -0.3 is 4.42 Å². The van der Waals surface area contributed by atoms with Gasteiger partial charge in [0.2, 0.25) is 25.8 Å². The first-order chi connectivity index (χ1) is 11.2. The van der Waals surface area contributed by atoms with Crippen LogP contribution in [0.15, 0.2) is 33.9 Å². The highest BCUT2D eigenvalue weighted by atomic mass is 32.2. The van der Waals surface area contributed by atoms with E-state index in [4.69, 9.17) is 4.42 Å².